The van der Waals surface area contributed by atoms with Crippen molar-refractivity contribution in [2.75, 3.05) is 0 Å². The Kier molecular flexibility index (Phi) is 4.10. The van der Waals surface area contributed by atoms with Crippen molar-refractivity contribution in [3.63, 3.8) is 0 Å². The number of nitrogens with zero attached hydrogens (tertiary/aromatic N) is 1. The third-order valence-corrected chi connectivity index (χ3v) is 2.86. The van der Waals surface area contributed by atoms with Crippen molar-refractivity contribution in [1.82, 2.24) is 10.3 Å². The first kappa shape index (κ1) is 13.7. The standard InChI is InChI=1S/C15H15N3O2/c1-10(15(16)20)18-13(19)8-7-12-5-2-4-11-6-3-9-17-14(11)12/h2-10H,1H3,(H2,16,20)(H,18,19). The monoisotopic (exact) mass is 269 g/mol. The molecule has 102 valence electrons. The first-order chi connectivity index (χ1) is 9.58. The van der Waals surface area contributed by atoms with E-state index in [-0.39, 0.29) is 5.91 Å². The van der Waals surface area contributed by atoms with E-state index in [4.69, 9.17) is 5.73 Å². The highest BCUT2D eigenvalue weighted by Crippen LogP contribution is 2.16. The van der Waals surface area contributed by atoms with Crippen LogP contribution in [-0.4, -0.2) is 22.8 Å². The predicted octanol–water partition coefficient (Wildman–Crippen LogP) is 1.24. The number of amides is 2. The van der Waals surface area contributed by atoms with Gasteiger partial charge in [-0.25, -0.2) is 0 Å². The molecule has 0 bridgehead atoms. The SMILES string of the molecule is CC(NC(=O)C=Cc1cccc2cccnc12)C(N)=O. The number of nitrogens with two attached hydrogens (primary N) is 1. The minimum atomic E-state index is -0.696. The smallest absolute Gasteiger partial charge is 0.244 e. The largest absolute Gasteiger partial charge is 0.368 e. The number of benzene rings is 1. The molecule has 0 aliphatic rings. The Balaban J connectivity index is 2.18. The molecular formula is C15H15N3O2. The van der Waals surface area contributed by atoms with Gasteiger partial charge in [0.1, 0.15) is 6.04 Å². The number of nitrogens with one attached hydrogen (secondary N) is 1. The number of fused-ring (bicyclic) bond motifs is 1. The van der Waals surface area contributed by atoms with Crippen molar-refractivity contribution in [2.45, 2.75) is 13.0 Å². The zero-order valence-electron chi connectivity index (χ0n) is 11.0. The van der Waals surface area contributed by atoms with Gasteiger partial charge in [0.2, 0.25) is 11.8 Å². The summed E-state index contributed by atoms with van der Waals surface area (Å²) < 4.78 is 0. The van der Waals surface area contributed by atoms with E-state index in [1.54, 1.807) is 12.3 Å². The highest BCUT2D eigenvalue weighted by Gasteiger charge is 2.09. The van der Waals surface area contributed by atoms with Crippen LogP contribution < -0.4 is 11.1 Å². The van der Waals surface area contributed by atoms with Crippen LogP contribution in [0.1, 0.15) is 12.5 Å². The molecule has 0 aliphatic carbocycles. The van der Waals surface area contributed by atoms with Gasteiger partial charge in [0, 0.05) is 23.2 Å². The number of carbonyl (C=O) groups is 2. The molecule has 0 saturated carbocycles. The van der Waals surface area contributed by atoms with Crippen LogP contribution in [0.2, 0.25) is 0 Å². The Morgan fingerprint density at radius 3 is 2.80 bits per heavy atom. The maximum atomic E-state index is 11.6. The number of aromatic nitrogens is 1. The molecule has 0 radical (unpaired) electrons. The van der Waals surface area contributed by atoms with E-state index in [0.29, 0.717) is 0 Å². The summed E-state index contributed by atoms with van der Waals surface area (Å²) in [5.41, 5.74) is 6.74. The van der Waals surface area contributed by atoms with Gasteiger partial charge in [-0.05, 0) is 19.1 Å². The Morgan fingerprint density at radius 1 is 1.30 bits per heavy atom. The van der Waals surface area contributed by atoms with E-state index in [2.05, 4.69) is 10.3 Å². The van der Waals surface area contributed by atoms with Crippen molar-refractivity contribution in [3.8, 4) is 0 Å². The molecule has 2 amide bonds. The number of rotatable bonds is 4. The van der Waals surface area contributed by atoms with Gasteiger partial charge in [-0.1, -0.05) is 24.3 Å². The first-order valence-corrected chi connectivity index (χ1v) is 6.19. The van der Waals surface area contributed by atoms with Crippen LogP contribution in [0, 0.1) is 0 Å². The molecule has 1 heterocycles. The zero-order chi connectivity index (χ0) is 14.5. The molecule has 2 rings (SSSR count). The van der Waals surface area contributed by atoms with E-state index in [9.17, 15) is 9.59 Å². The van der Waals surface area contributed by atoms with Crippen LogP contribution >= 0.6 is 0 Å². The van der Waals surface area contributed by atoms with Crippen LogP contribution in [0.4, 0.5) is 0 Å². The third-order valence-electron chi connectivity index (χ3n) is 2.86. The molecule has 1 unspecified atom stereocenters. The molecule has 20 heavy (non-hydrogen) atoms. The van der Waals surface area contributed by atoms with Gasteiger partial charge in [0.05, 0.1) is 5.52 Å². The number of hydrogen-bond acceptors (Lipinski definition) is 3. The van der Waals surface area contributed by atoms with Crippen LogP contribution in [0.15, 0.2) is 42.6 Å². The summed E-state index contributed by atoms with van der Waals surface area (Å²) in [6.45, 7) is 1.54. The summed E-state index contributed by atoms with van der Waals surface area (Å²) in [6, 6.07) is 8.84. The zero-order valence-corrected chi connectivity index (χ0v) is 11.0. The van der Waals surface area contributed by atoms with Crippen molar-refractivity contribution < 1.29 is 9.59 Å². The Bertz CT molecular complexity index is 674. The lowest BCUT2D eigenvalue weighted by molar-refractivity contribution is -0.124. The molecule has 1 aromatic heterocycles. The highest BCUT2D eigenvalue weighted by atomic mass is 16.2. The van der Waals surface area contributed by atoms with Crippen molar-refractivity contribution in [2.24, 2.45) is 5.73 Å². The number of para-hydroxylation sites is 1. The van der Waals surface area contributed by atoms with E-state index < -0.39 is 11.9 Å². The lowest BCUT2D eigenvalue weighted by Gasteiger charge is -2.07. The highest BCUT2D eigenvalue weighted by molar-refractivity contribution is 5.97. The average molecular weight is 269 g/mol. The Labute approximate surface area is 116 Å². The molecule has 5 heteroatoms. The second-order valence-corrected chi connectivity index (χ2v) is 4.39. The maximum absolute atomic E-state index is 11.6. The molecule has 0 aliphatic heterocycles. The summed E-state index contributed by atoms with van der Waals surface area (Å²) in [5.74, 6) is -0.942. The summed E-state index contributed by atoms with van der Waals surface area (Å²) in [5, 5.41) is 3.48. The van der Waals surface area contributed by atoms with E-state index >= 15 is 0 Å². The fourth-order valence-electron chi connectivity index (χ4n) is 1.76. The first-order valence-electron chi connectivity index (χ1n) is 6.19. The molecule has 3 N–H and O–H groups in total. The lowest BCUT2D eigenvalue weighted by Crippen LogP contribution is -2.41. The number of primary amides is 1. The average Bonchev–Trinajstić information content (AvgIpc) is 2.44. The number of carbonyl (C=O) groups excluding carboxylic acids is 2. The second kappa shape index (κ2) is 5.97. The summed E-state index contributed by atoms with van der Waals surface area (Å²) in [4.78, 5) is 26.8. The summed E-state index contributed by atoms with van der Waals surface area (Å²) in [6.07, 6.45) is 4.73. The molecular weight excluding hydrogens is 254 g/mol. The van der Waals surface area contributed by atoms with Gasteiger partial charge in [-0.2, -0.15) is 0 Å². The van der Waals surface area contributed by atoms with E-state index in [0.717, 1.165) is 16.5 Å². The molecule has 1 atom stereocenters. The molecule has 2 aromatic rings. The van der Waals surface area contributed by atoms with Crippen LogP contribution in [0.25, 0.3) is 17.0 Å². The quantitative estimate of drug-likeness (QED) is 0.819. The van der Waals surface area contributed by atoms with Crippen LogP contribution in [0.5, 0.6) is 0 Å². The van der Waals surface area contributed by atoms with Gasteiger partial charge in [-0.15, -0.1) is 0 Å². The summed E-state index contributed by atoms with van der Waals surface area (Å²) in [7, 11) is 0. The minimum absolute atomic E-state index is 0.371. The Hall–Kier alpha value is -2.69. The van der Waals surface area contributed by atoms with Gasteiger partial charge in [0.25, 0.3) is 0 Å². The fraction of sp³-hybridized carbons (Fsp3) is 0.133. The Morgan fingerprint density at radius 2 is 2.05 bits per heavy atom. The fourth-order valence-corrected chi connectivity index (χ4v) is 1.76. The lowest BCUT2D eigenvalue weighted by atomic mass is 10.1. The molecule has 0 fully saturated rings. The molecule has 0 spiro atoms. The van der Waals surface area contributed by atoms with Gasteiger partial charge >= 0.3 is 0 Å². The van der Waals surface area contributed by atoms with Crippen LogP contribution in [0.3, 0.4) is 0 Å². The van der Waals surface area contributed by atoms with Gasteiger partial charge in [0.15, 0.2) is 0 Å². The van der Waals surface area contributed by atoms with Crippen molar-refractivity contribution in [3.05, 3.63) is 48.2 Å². The molecule has 0 saturated heterocycles. The van der Waals surface area contributed by atoms with E-state index in [1.165, 1.54) is 13.0 Å². The molecule has 5 nitrogen and oxygen atoms in total. The van der Waals surface area contributed by atoms with Gasteiger partial charge in [-0.3, -0.25) is 14.6 Å². The van der Waals surface area contributed by atoms with Crippen molar-refractivity contribution >= 4 is 28.8 Å². The van der Waals surface area contributed by atoms with Crippen LogP contribution in [-0.2, 0) is 9.59 Å². The normalized spacial score (nSPS) is 12.4. The second-order valence-electron chi connectivity index (χ2n) is 4.39. The minimum Gasteiger partial charge on any atom is -0.368 e. The third kappa shape index (κ3) is 3.20. The predicted molar refractivity (Wildman–Crippen MR) is 77.6 cm³/mol. The number of hydrogen-bond donors (Lipinski definition) is 2. The maximum Gasteiger partial charge on any atom is 0.244 e. The summed E-state index contributed by atoms with van der Waals surface area (Å²) >= 11 is 0. The van der Waals surface area contributed by atoms with Crippen molar-refractivity contribution in [1.29, 1.82) is 0 Å². The number of pyridine rings is 1. The van der Waals surface area contributed by atoms with E-state index in [1.807, 2.05) is 30.3 Å². The van der Waals surface area contributed by atoms with Gasteiger partial charge < -0.3 is 11.1 Å². The topological polar surface area (TPSA) is 85.1 Å². The molecule has 1 aromatic carbocycles.